The van der Waals surface area contributed by atoms with Crippen LogP contribution in [0.5, 0.6) is 0 Å². The van der Waals surface area contributed by atoms with Crippen LogP contribution in [0.15, 0.2) is 35.2 Å². The Kier molecular flexibility index (Phi) is 4.30. The molecule has 96 valence electrons. The molecule has 1 aromatic rings. The molecule has 0 aliphatic carbocycles. The van der Waals surface area contributed by atoms with Crippen LogP contribution in [0.2, 0.25) is 0 Å². The van der Waals surface area contributed by atoms with Gasteiger partial charge in [0, 0.05) is 12.6 Å². The fraction of sp³-hybridized carbons (Fsp3) is 0.500. The van der Waals surface area contributed by atoms with Crippen LogP contribution in [0.1, 0.15) is 20.8 Å². The molecule has 0 bridgehead atoms. The van der Waals surface area contributed by atoms with E-state index in [0.717, 1.165) is 0 Å². The normalized spacial score (nSPS) is 13.0. The highest BCUT2D eigenvalue weighted by atomic mass is 32.2. The summed E-state index contributed by atoms with van der Waals surface area (Å²) in [5.41, 5.74) is -0.523. The Balaban J connectivity index is 3.19. The van der Waals surface area contributed by atoms with Crippen LogP contribution < -0.4 is 0 Å². The lowest BCUT2D eigenvalue weighted by atomic mass is 10.1. The summed E-state index contributed by atoms with van der Waals surface area (Å²) in [6, 6.07) is 8.38. The van der Waals surface area contributed by atoms with Crippen LogP contribution >= 0.6 is 0 Å². The zero-order valence-electron chi connectivity index (χ0n) is 10.7. The maximum Gasteiger partial charge on any atom is 0.245 e. The van der Waals surface area contributed by atoms with Crippen molar-refractivity contribution >= 4 is 10.0 Å². The van der Waals surface area contributed by atoms with E-state index in [2.05, 4.69) is 0 Å². The van der Waals surface area contributed by atoms with E-state index in [1.165, 1.54) is 11.4 Å². The molecule has 0 radical (unpaired) electrons. The monoisotopic (exact) mass is 257 g/mol. The van der Waals surface area contributed by atoms with Crippen molar-refractivity contribution in [1.82, 2.24) is 4.31 Å². The highest BCUT2D eigenvalue weighted by Gasteiger charge is 2.33. The average Bonchev–Trinajstić information content (AvgIpc) is 2.25. The zero-order chi connectivity index (χ0) is 13.1. The van der Waals surface area contributed by atoms with Gasteiger partial charge in [0.25, 0.3) is 0 Å². The number of nitrogens with zero attached hydrogens (tertiary/aromatic N) is 1. The number of rotatable bonds is 4. The maximum absolute atomic E-state index is 12.4. The first-order valence-corrected chi connectivity index (χ1v) is 6.81. The summed E-state index contributed by atoms with van der Waals surface area (Å²) in [6.07, 6.45) is 0. The summed E-state index contributed by atoms with van der Waals surface area (Å²) in [5, 5.41) is 0. The Morgan fingerprint density at radius 3 is 2.12 bits per heavy atom. The summed E-state index contributed by atoms with van der Waals surface area (Å²) in [6.45, 7) is 5.56. The van der Waals surface area contributed by atoms with Gasteiger partial charge < -0.3 is 4.74 Å². The predicted molar refractivity (Wildman–Crippen MR) is 67.1 cm³/mol. The van der Waals surface area contributed by atoms with Crippen LogP contribution in [0.4, 0.5) is 0 Å². The number of hydrogen-bond acceptors (Lipinski definition) is 3. The van der Waals surface area contributed by atoms with E-state index in [9.17, 15) is 8.42 Å². The van der Waals surface area contributed by atoms with Crippen molar-refractivity contribution in [2.24, 2.45) is 0 Å². The van der Waals surface area contributed by atoms with E-state index in [4.69, 9.17) is 4.74 Å². The lowest BCUT2D eigenvalue weighted by Gasteiger charge is -2.33. The van der Waals surface area contributed by atoms with Gasteiger partial charge in [-0.3, -0.25) is 0 Å². The molecule has 0 fully saturated rings. The van der Waals surface area contributed by atoms with Gasteiger partial charge >= 0.3 is 0 Å². The third-order valence-corrected chi connectivity index (χ3v) is 4.43. The molecule has 0 N–H and O–H groups in total. The molecule has 0 saturated carbocycles. The lowest BCUT2D eigenvalue weighted by molar-refractivity contribution is 0.0704. The first kappa shape index (κ1) is 14.2. The largest absolute Gasteiger partial charge is 0.368 e. The Hall–Kier alpha value is -0.910. The van der Waals surface area contributed by atoms with E-state index in [0.29, 0.717) is 0 Å². The van der Waals surface area contributed by atoms with Crippen molar-refractivity contribution in [1.29, 1.82) is 0 Å². The molecular formula is C12H19NO3S. The van der Waals surface area contributed by atoms with Gasteiger partial charge in [-0.05, 0) is 32.9 Å². The maximum atomic E-state index is 12.4. The van der Waals surface area contributed by atoms with Crippen molar-refractivity contribution in [3.05, 3.63) is 30.3 Å². The van der Waals surface area contributed by atoms with Gasteiger partial charge in [0.15, 0.2) is 0 Å². The van der Waals surface area contributed by atoms with Crippen LogP contribution in [-0.2, 0) is 14.8 Å². The van der Waals surface area contributed by atoms with Crippen molar-refractivity contribution in [2.45, 2.75) is 31.2 Å². The number of benzene rings is 1. The highest BCUT2D eigenvalue weighted by molar-refractivity contribution is 7.89. The van der Waals surface area contributed by atoms with Crippen molar-refractivity contribution in [3.63, 3.8) is 0 Å². The first-order valence-electron chi connectivity index (χ1n) is 5.37. The SMILES string of the molecule is COCN(C(C)(C)C)S(=O)(=O)c1ccccc1. The van der Waals surface area contributed by atoms with E-state index < -0.39 is 15.6 Å². The van der Waals surface area contributed by atoms with Crippen LogP contribution in [-0.4, -0.2) is 32.1 Å². The van der Waals surface area contributed by atoms with E-state index in [1.807, 2.05) is 20.8 Å². The zero-order valence-corrected chi connectivity index (χ0v) is 11.5. The third kappa shape index (κ3) is 3.28. The molecule has 4 nitrogen and oxygen atoms in total. The molecule has 17 heavy (non-hydrogen) atoms. The van der Waals surface area contributed by atoms with Crippen LogP contribution in [0, 0.1) is 0 Å². The molecule has 0 aromatic heterocycles. The molecular weight excluding hydrogens is 238 g/mol. The fourth-order valence-electron chi connectivity index (χ4n) is 1.46. The number of hydrogen-bond donors (Lipinski definition) is 0. The van der Waals surface area contributed by atoms with Crippen molar-refractivity contribution < 1.29 is 13.2 Å². The molecule has 0 amide bonds. The Labute approximate surface area is 103 Å². The van der Waals surface area contributed by atoms with Gasteiger partial charge in [0.05, 0.1) is 4.90 Å². The quantitative estimate of drug-likeness (QED) is 0.776. The Bertz CT molecular complexity index is 448. The molecule has 0 spiro atoms. The second kappa shape index (κ2) is 5.16. The average molecular weight is 257 g/mol. The minimum Gasteiger partial charge on any atom is -0.368 e. The summed E-state index contributed by atoms with van der Waals surface area (Å²) >= 11 is 0. The van der Waals surface area contributed by atoms with E-state index in [-0.39, 0.29) is 11.6 Å². The lowest BCUT2D eigenvalue weighted by Crippen LogP contribution is -2.46. The molecule has 1 rings (SSSR count). The van der Waals surface area contributed by atoms with Crippen LogP contribution in [0.25, 0.3) is 0 Å². The molecule has 0 saturated heterocycles. The number of methoxy groups -OCH3 is 1. The standard InChI is InChI=1S/C12H19NO3S/c1-12(2,3)13(10-16-4)17(14,15)11-8-6-5-7-9-11/h5-9H,10H2,1-4H3. The molecule has 0 unspecified atom stereocenters. The van der Waals surface area contributed by atoms with Gasteiger partial charge in [0.2, 0.25) is 10.0 Å². The summed E-state index contributed by atoms with van der Waals surface area (Å²) in [4.78, 5) is 0.284. The Morgan fingerprint density at radius 1 is 1.18 bits per heavy atom. The Morgan fingerprint density at radius 2 is 1.71 bits per heavy atom. The number of ether oxygens (including phenoxy) is 1. The van der Waals surface area contributed by atoms with Gasteiger partial charge in [-0.2, -0.15) is 4.31 Å². The molecule has 0 aliphatic rings. The molecule has 0 atom stereocenters. The fourth-order valence-corrected chi connectivity index (χ4v) is 3.18. The second-order valence-electron chi connectivity index (χ2n) is 4.76. The van der Waals surface area contributed by atoms with Gasteiger partial charge in [-0.25, -0.2) is 8.42 Å². The minimum absolute atomic E-state index is 0.0424. The molecule has 1 aromatic carbocycles. The predicted octanol–water partition coefficient (Wildman–Crippen LogP) is 2.08. The first-order chi connectivity index (χ1) is 7.80. The third-order valence-electron chi connectivity index (χ3n) is 2.33. The summed E-state index contributed by atoms with van der Waals surface area (Å²) < 4.78 is 31.2. The van der Waals surface area contributed by atoms with E-state index >= 15 is 0 Å². The van der Waals surface area contributed by atoms with Gasteiger partial charge in [-0.1, -0.05) is 18.2 Å². The topological polar surface area (TPSA) is 46.6 Å². The van der Waals surface area contributed by atoms with Crippen molar-refractivity contribution in [3.8, 4) is 0 Å². The van der Waals surface area contributed by atoms with Gasteiger partial charge in [-0.15, -0.1) is 0 Å². The second-order valence-corrected chi connectivity index (χ2v) is 6.62. The summed E-state index contributed by atoms with van der Waals surface area (Å²) in [7, 11) is -2.03. The summed E-state index contributed by atoms with van der Waals surface area (Å²) in [5.74, 6) is 0. The van der Waals surface area contributed by atoms with Crippen LogP contribution in [0.3, 0.4) is 0 Å². The molecule has 5 heteroatoms. The number of sulfonamides is 1. The molecule has 0 heterocycles. The highest BCUT2D eigenvalue weighted by Crippen LogP contribution is 2.23. The van der Waals surface area contributed by atoms with E-state index in [1.54, 1.807) is 30.3 Å². The van der Waals surface area contributed by atoms with Gasteiger partial charge in [0.1, 0.15) is 6.73 Å². The molecule has 0 aliphatic heterocycles. The van der Waals surface area contributed by atoms with Crippen molar-refractivity contribution in [2.75, 3.05) is 13.8 Å². The smallest absolute Gasteiger partial charge is 0.245 e. The minimum atomic E-state index is -3.51.